The van der Waals surface area contributed by atoms with Crippen molar-refractivity contribution in [1.29, 1.82) is 0 Å². The van der Waals surface area contributed by atoms with Crippen LogP contribution in [0.25, 0.3) is 0 Å². The molecule has 0 spiro atoms. The van der Waals surface area contributed by atoms with Crippen molar-refractivity contribution in [3.8, 4) is 0 Å². The van der Waals surface area contributed by atoms with Crippen LogP contribution in [0, 0.1) is 5.92 Å². The number of nitrogens with zero attached hydrogens (tertiary/aromatic N) is 1. The zero-order chi connectivity index (χ0) is 10.3. The minimum atomic E-state index is -1.32. The van der Waals surface area contributed by atoms with Crippen LogP contribution in [0.4, 0.5) is 4.79 Å². The van der Waals surface area contributed by atoms with Gasteiger partial charge in [0.2, 0.25) is 5.91 Å². The molecule has 1 aliphatic carbocycles. The molecule has 0 bridgehead atoms. The highest BCUT2D eigenvalue weighted by Crippen LogP contribution is 2.31. The third kappa shape index (κ3) is 1.71. The first kappa shape index (κ1) is 9.42. The predicted octanol–water partition coefficient (Wildman–Crippen LogP) is -1.09. The molecule has 2 fully saturated rings. The number of imide groups is 1. The SMILES string of the molecule is NC1(N)CC(=O)NC(=O)N1CC1CC1. The van der Waals surface area contributed by atoms with Crippen molar-refractivity contribution in [2.24, 2.45) is 17.4 Å². The molecular weight excluding hydrogens is 184 g/mol. The molecule has 0 aromatic carbocycles. The quantitative estimate of drug-likeness (QED) is 0.491. The second-order valence-electron chi connectivity index (χ2n) is 4.08. The molecule has 1 aliphatic heterocycles. The third-order valence-corrected chi connectivity index (χ3v) is 2.58. The van der Waals surface area contributed by atoms with E-state index in [0.29, 0.717) is 12.5 Å². The van der Waals surface area contributed by atoms with Gasteiger partial charge in [0.25, 0.3) is 0 Å². The maximum atomic E-state index is 11.4. The number of hydrogen-bond donors (Lipinski definition) is 3. The summed E-state index contributed by atoms with van der Waals surface area (Å²) in [5.74, 6) is -1.23. The number of carbonyl (C=O) groups excluding carboxylic acids is 2. The molecule has 1 heterocycles. The highest BCUT2D eigenvalue weighted by Gasteiger charge is 2.42. The molecule has 6 heteroatoms. The van der Waals surface area contributed by atoms with Gasteiger partial charge in [-0.2, -0.15) is 0 Å². The van der Waals surface area contributed by atoms with Crippen LogP contribution in [0.3, 0.4) is 0 Å². The largest absolute Gasteiger partial charge is 0.326 e. The van der Waals surface area contributed by atoms with Gasteiger partial charge in [0, 0.05) is 6.54 Å². The summed E-state index contributed by atoms with van der Waals surface area (Å²) in [5.41, 5.74) is 11.4. The van der Waals surface area contributed by atoms with Crippen LogP contribution in [0.1, 0.15) is 19.3 Å². The summed E-state index contributed by atoms with van der Waals surface area (Å²) in [6.07, 6.45) is 2.17. The topological polar surface area (TPSA) is 101 Å². The third-order valence-electron chi connectivity index (χ3n) is 2.58. The molecule has 0 aromatic heterocycles. The smallest absolute Gasteiger partial charge is 0.296 e. The summed E-state index contributed by atoms with van der Waals surface area (Å²) in [6, 6.07) is -0.474. The van der Waals surface area contributed by atoms with Crippen molar-refractivity contribution in [2.45, 2.75) is 25.0 Å². The van der Waals surface area contributed by atoms with E-state index in [1.54, 1.807) is 0 Å². The molecule has 3 amide bonds. The molecular formula is C8H14N4O2. The van der Waals surface area contributed by atoms with E-state index in [0.717, 1.165) is 12.8 Å². The van der Waals surface area contributed by atoms with Crippen LogP contribution in [-0.2, 0) is 4.79 Å². The zero-order valence-electron chi connectivity index (χ0n) is 7.82. The van der Waals surface area contributed by atoms with E-state index in [1.165, 1.54) is 4.90 Å². The van der Waals surface area contributed by atoms with Gasteiger partial charge in [-0.3, -0.25) is 26.5 Å². The van der Waals surface area contributed by atoms with Crippen molar-refractivity contribution >= 4 is 11.9 Å². The van der Waals surface area contributed by atoms with E-state index in [4.69, 9.17) is 11.5 Å². The number of hydrogen-bond acceptors (Lipinski definition) is 4. The number of nitrogens with one attached hydrogen (secondary N) is 1. The molecule has 6 nitrogen and oxygen atoms in total. The van der Waals surface area contributed by atoms with Crippen molar-refractivity contribution in [2.75, 3.05) is 6.54 Å². The summed E-state index contributed by atoms with van der Waals surface area (Å²) in [6.45, 7) is 0.548. The predicted molar refractivity (Wildman–Crippen MR) is 48.7 cm³/mol. The first-order valence-electron chi connectivity index (χ1n) is 4.68. The second kappa shape index (κ2) is 2.93. The van der Waals surface area contributed by atoms with E-state index in [-0.39, 0.29) is 6.42 Å². The van der Waals surface area contributed by atoms with E-state index >= 15 is 0 Å². The van der Waals surface area contributed by atoms with Gasteiger partial charge in [-0.05, 0) is 18.8 Å². The molecule has 2 aliphatic rings. The minimum Gasteiger partial charge on any atom is -0.296 e. The Bertz CT molecular complexity index is 285. The van der Waals surface area contributed by atoms with Gasteiger partial charge in [-0.15, -0.1) is 0 Å². The second-order valence-corrected chi connectivity index (χ2v) is 4.08. The molecule has 5 N–H and O–H groups in total. The number of carbonyl (C=O) groups is 2. The average molecular weight is 198 g/mol. The Kier molecular flexibility index (Phi) is 1.97. The lowest BCUT2D eigenvalue weighted by Crippen LogP contribution is -2.72. The van der Waals surface area contributed by atoms with Gasteiger partial charge < -0.3 is 0 Å². The number of nitrogens with two attached hydrogens (primary N) is 2. The maximum Gasteiger partial charge on any atom is 0.326 e. The summed E-state index contributed by atoms with van der Waals surface area (Å²) >= 11 is 0. The molecule has 1 saturated heterocycles. The Morgan fingerprint density at radius 1 is 1.43 bits per heavy atom. The number of urea groups is 1. The molecule has 14 heavy (non-hydrogen) atoms. The molecule has 2 rings (SSSR count). The van der Waals surface area contributed by atoms with Crippen LogP contribution >= 0.6 is 0 Å². The van der Waals surface area contributed by atoms with Crippen LogP contribution in [0.15, 0.2) is 0 Å². The fraction of sp³-hybridized carbons (Fsp3) is 0.750. The van der Waals surface area contributed by atoms with Gasteiger partial charge in [0.15, 0.2) is 5.79 Å². The van der Waals surface area contributed by atoms with Gasteiger partial charge in [0.1, 0.15) is 0 Å². The molecule has 0 radical (unpaired) electrons. The molecule has 78 valence electrons. The van der Waals surface area contributed by atoms with Gasteiger partial charge in [-0.25, -0.2) is 4.79 Å². The lowest BCUT2D eigenvalue weighted by atomic mass is 10.1. The molecule has 0 aromatic rings. The van der Waals surface area contributed by atoms with E-state index < -0.39 is 17.7 Å². The molecule has 1 saturated carbocycles. The standard InChI is InChI=1S/C8H14N4O2/c9-8(10)3-6(13)11-7(14)12(8)4-5-1-2-5/h5H,1-4,9-10H2,(H,11,13,14). The maximum absolute atomic E-state index is 11.4. The number of rotatable bonds is 2. The highest BCUT2D eigenvalue weighted by molar-refractivity contribution is 5.97. The highest BCUT2D eigenvalue weighted by atomic mass is 16.2. The normalized spacial score (nSPS) is 26.3. The van der Waals surface area contributed by atoms with Crippen LogP contribution in [-0.4, -0.2) is 29.2 Å². The number of amides is 3. The van der Waals surface area contributed by atoms with Crippen LogP contribution in [0.2, 0.25) is 0 Å². The van der Waals surface area contributed by atoms with Crippen LogP contribution in [0.5, 0.6) is 0 Å². The van der Waals surface area contributed by atoms with Gasteiger partial charge in [0.05, 0.1) is 6.42 Å². The Hall–Kier alpha value is -1.14. The Balaban J connectivity index is 2.10. The first-order chi connectivity index (χ1) is 6.49. The van der Waals surface area contributed by atoms with E-state index in [9.17, 15) is 9.59 Å². The Labute approximate surface area is 81.6 Å². The van der Waals surface area contributed by atoms with Crippen molar-refractivity contribution in [3.63, 3.8) is 0 Å². The van der Waals surface area contributed by atoms with Crippen molar-refractivity contribution in [1.82, 2.24) is 10.2 Å². The van der Waals surface area contributed by atoms with E-state index in [1.807, 2.05) is 0 Å². The van der Waals surface area contributed by atoms with Gasteiger partial charge >= 0.3 is 6.03 Å². The molecule has 0 unspecified atom stereocenters. The zero-order valence-corrected chi connectivity index (χ0v) is 7.82. The monoisotopic (exact) mass is 198 g/mol. The summed E-state index contributed by atoms with van der Waals surface area (Å²) in [7, 11) is 0. The first-order valence-corrected chi connectivity index (χ1v) is 4.68. The van der Waals surface area contributed by atoms with Crippen molar-refractivity contribution in [3.05, 3.63) is 0 Å². The van der Waals surface area contributed by atoms with Crippen molar-refractivity contribution < 1.29 is 9.59 Å². The Morgan fingerprint density at radius 3 is 2.57 bits per heavy atom. The van der Waals surface area contributed by atoms with Gasteiger partial charge in [-0.1, -0.05) is 0 Å². The van der Waals surface area contributed by atoms with Crippen LogP contribution < -0.4 is 16.8 Å². The average Bonchev–Trinajstić information content (AvgIpc) is 2.78. The summed E-state index contributed by atoms with van der Waals surface area (Å²) in [5, 5.41) is 2.21. The lowest BCUT2D eigenvalue weighted by Gasteiger charge is -2.40. The molecule has 0 atom stereocenters. The summed E-state index contributed by atoms with van der Waals surface area (Å²) in [4.78, 5) is 23.8. The summed E-state index contributed by atoms with van der Waals surface area (Å²) < 4.78 is 0. The fourth-order valence-electron chi connectivity index (χ4n) is 1.58. The lowest BCUT2D eigenvalue weighted by molar-refractivity contribution is -0.125. The Morgan fingerprint density at radius 2 is 2.07 bits per heavy atom. The fourth-order valence-corrected chi connectivity index (χ4v) is 1.58. The van der Waals surface area contributed by atoms with E-state index in [2.05, 4.69) is 5.32 Å². The minimum absolute atomic E-state index is 0.0363.